The SMILES string of the molecule is CC[C@@H](C)[C@H](NC(=O)N1CCCC1)C(=O)O. The molecule has 92 valence electrons. The van der Waals surface area contributed by atoms with Crippen molar-refractivity contribution < 1.29 is 14.7 Å². The average molecular weight is 228 g/mol. The van der Waals surface area contributed by atoms with Crippen LogP contribution in [0.2, 0.25) is 0 Å². The minimum Gasteiger partial charge on any atom is -0.480 e. The lowest BCUT2D eigenvalue weighted by molar-refractivity contribution is -0.140. The molecule has 0 aromatic heterocycles. The van der Waals surface area contributed by atoms with Crippen LogP contribution in [0.1, 0.15) is 33.1 Å². The number of amides is 2. The van der Waals surface area contributed by atoms with Crippen molar-refractivity contribution in [1.29, 1.82) is 0 Å². The summed E-state index contributed by atoms with van der Waals surface area (Å²) >= 11 is 0. The van der Waals surface area contributed by atoms with E-state index in [2.05, 4.69) is 5.32 Å². The van der Waals surface area contributed by atoms with Crippen molar-refractivity contribution >= 4 is 12.0 Å². The molecule has 1 rings (SSSR count). The Morgan fingerprint density at radius 2 is 1.94 bits per heavy atom. The van der Waals surface area contributed by atoms with E-state index in [0.29, 0.717) is 0 Å². The Balaban J connectivity index is 2.53. The number of carbonyl (C=O) groups excluding carboxylic acids is 1. The predicted molar refractivity (Wildman–Crippen MR) is 60.2 cm³/mol. The van der Waals surface area contributed by atoms with Crippen molar-refractivity contribution in [1.82, 2.24) is 10.2 Å². The lowest BCUT2D eigenvalue weighted by atomic mass is 9.99. The first-order chi connectivity index (χ1) is 7.56. The molecule has 2 amide bonds. The molecule has 2 N–H and O–H groups in total. The first kappa shape index (κ1) is 12.8. The summed E-state index contributed by atoms with van der Waals surface area (Å²) < 4.78 is 0. The zero-order valence-electron chi connectivity index (χ0n) is 9.90. The van der Waals surface area contributed by atoms with Gasteiger partial charge in [0, 0.05) is 13.1 Å². The van der Waals surface area contributed by atoms with Gasteiger partial charge in [-0.3, -0.25) is 0 Å². The van der Waals surface area contributed by atoms with Gasteiger partial charge in [-0.05, 0) is 18.8 Å². The highest BCUT2D eigenvalue weighted by molar-refractivity contribution is 5.82. The molecule has 1 fully saturated rings. The summed E-state index contributed by atoms with van der Waals surface area (Å²) in [5, 5.41) is 11.6. The maximum Gasteiger partial charge on any atom is 0.326 e. The molecule has 0 aromatic rings. The van der Waals surface area contributed by atoms with Crippen LogP contribution >= 0.6 is 0 Å². The number of nitrogens with zero attached hydrogens (tertiary/aromatic N) is 1. The second kappa shape index (κ2) is 5.72. The van der Waals surface area contributed by atoms with Gasteiger partial charge in [0.1, 0.15) is 6.04 Å². The maximum atomic E-state index is 11.7. The van der Waals surface area contributed by atoms with Crippen LogP contribution in [0.15, 0.2) is 0 Å². The minimum atomic E-state index is -0.957. The van der Waals surface area contributed by atoms with E-state index in [1.165, 1.54) is 0 Å². The van der Waals surface area contributed by atoms with Gasteiger partial charge in [0.2, 0.25) is 0 Å². The molecule has 2 atom stereocenters. The first-order valence-electron chi connectivity index (χ1n) is 5.84. The molecule has 0 aliphatic carbocycles. The van der Waals surface area contributed by atoms with Crippen LogP contribution in [0, 0.1) is 5.92 Å². The highest BCUT2D eigenvalue weighted by atomic mass is 16.4. The number of urea groups is 1. The zero-order valence-corrected chi connectivity index (χ0v) is 9.90. The summed E-state index contributed by atoms with van der Waals surface area (Å²) in [6, 6.07) is -1.02. The summed E-state index contributed by atoms with van der Waals surface area (Å²) in [5.41, 5.74) is 0. The molecule has 16 heavy (non-hydrogen) atoms. The average Bonchev–Trinajstić information content (AvgIpc) is 2.77. The number of nitrogens with one attached hydrogen (secondary N) is 1. The fraction of sp³-hybridized carbons (Fsp3) is 0.818. The molecule has 0 saturated carbocycles. The Morgan fingerprint density at radius 3 is 2.38 bits per heavy atom. The maximum absolute atomic E-state index is 11.7. The molecule has 1 heterocycles. The zero-order chi connectivity index (χ0) is 12.1. The van der Waals surface area contributed by atoms with Crippen LogP contribution in [0.5, 0.6) is 0 Å². The monoisotopic (exact) mass is 228 g/mol. The van der Waals surface area contributed by atoms with Crippen LogP contribution in [0.25, 0.3) is 0 Å². The van der Waals surface area contributed by atoms with Gasteiger partial charge in [-0.2, -0.15) is 0 Å². The molecule has 0 radical (unpaired) electrons. The fourth-order valence-corrected chi connectivity index (χ4v) is 1.83. The third-order valence-corrected chi connectivity index (χ3v) is 3.15. The van der Waals surface area contributed by atoms with Crippen LogP contribution in [0.3, 0.4) is 0 Å². The summed E-state index contributed by atoms with van der Waals surface area (Å²) in [6.07, 6.45) is 2.75. The molecule has 1 saturated heterocycles. The molecule has 5 nitrogen and oxygen atoms in total. The molecule has 1 aliphatic heterocycles. The Bertz CT molecular complexity index is 262. The number of aliphatic carboxylic acids is 1. The van der Waals surface area contributed by atoms with E-state index < -0.39 is 12.0 Å². The van der Waals surface area contributed by atoms with Crippen molar-refractivity contribution in [2.45, 2.75) is 39.2 Å². The number of carboxylic acids is 1. The van der Waals surface area contributed by atoms with Crippen molar-refractivity contribution in [3.8, 4) is 0 Å². The Hall–Kier alpha value is -1.26. The van der Waals surface area contributed by atoms with Gasteiger partial charge in [-0.25, -0.2) is 9.59 Å². The first-order valence-corrected chi connectivity index (χ1v) is 5.84. The highest BCUT2D eigenvalue weighted by Crippen LogP contribution is 2.11. The van der Waals surface area contributed by atoms with Gasteiger partial charge < -0.3 is 15.3 Å². The van der Waals surface area contributed by atoms with Gasteiger partial charge >= 0.3 is 12.0 Å². The normalized spacial score (nSPS) is 19.2. The summed E-state index contributed by atoms with van der Waals surface area (Å²) in [6.45, 7) is 5.23. The largest absolute Gasteiger partial charge is 0.480 e. The lowest BCUT2D eigenvalue weighted by Gasteiger charge is -2.23. The van der Waals surface area contributed by atoms with Crippen LogP contribution in [-0.4, -0.2) is 41.1 Å². The Labute approximate surface area is 95.8 Å². The number of likely N-dealkylation sites (tertiary alicyclic amines) is 1. The van der Waals surface area contributed by atoms with Crippen molar-refractivity contribution in [3.63, 3.8) is 0 Å². The van der Waals surface area contributed by atoms with E-state index >= 15 is 0 Å². The quantitative estimate of drug-likeness (QED) is 0.761. The van der Waals surface area contributed by atoms with Gasteiger partial charge in [-0.1, -0.05) is 20.3 Å². The van der Waals surface area contributed by atoms with Crippen LogP contribution in [0.4, 0.5) is 4.79 Å². The second-order valence-corrected chi connectivity index (χ2v) is 4.35. The summed E-state index contributed by atoms with van der Waals surface area (Å²) in [4.78, 5) is 24.4. The van der Waals surface area contributed by atoms with E-state index in [1.807, 2.05) is 13.8 Å². The van der Waals surface area contributed by atoms with Gasteiger partial charge in [0.05, 0.1) is 0 Å². The smallest absolute Gasteiger partial charge is 0.326 e. The molecule has 0 aromatic carbocycles. The van der Waals surface area contributed by atoms with Gasteiger partial charge in [-0.15, -0.1) is 0 Å². The lowest BCUT2D eigenvalue weighted by Crippen LogP contribution is -2.49. The number of carboxylic acid groups (broad SMARTS) is 1. The fourth-order valence-electron chi connectivity index (χ4n) is 1.83. The topological polar surface area (TPSA) is 69.6 Å². The second-order valence-electron chi connectivity index (χ2n) is 4.35. The van der Waals surface area contributed by atoms with E-state index in [0.717, 1.165) is 32.4 Å². The van der Waals surface area contributed by atoms with Crippen LogP contribution < -0.4 is 5.32 Å². The van der Waals surface area contributed by atoms with E-state index in [9.17, 15) is 9.59 Å². The minimum absolute atomic E-state index is 0.0518. The highest BCUT2D eigenvalue weighted by Gasteiger charge is 2.28. The molecule has 0 spiro atoms. The van der Waals surface area contributed by atoms with E-state index in [-0.39, 0.29) is 11.9 Å². The number of hydrogen-bond acceptors (Lipinski definition) is 2. The van der Waals surface area contributed by atoms with Crippen molar-refractivity contribution in [3.05, 3.63) is 0 Å². The molecule has 0 unspecified atom stereocenters. The summed E-state index contributed by atoms with van der Waals surface area (Å²) in [5.74, 6) is -1.01. The molecular formula is C11H20N2O3. The van der Waals surface area contributed by atoms with E-state index in [4.69, 9.17) is 5.11 Å². The number of rotatable bonds is 4. The standard InChI is InChI=1S/C11H20N2O3/c1-3-8(2)9(10(14)15)12-11(16)13-6-4-5-7-13/h8-9H,3-7H2,1-2H3,(H,12,16)(H,14,15)/t8-,9+/m1/s1. The third-order valence-electron chi connectivity index (χ3n) is 3.15. The third kappa shape index (κ3) is 3.12. The van der Waals surface area contributed by atoms with Gasteiger partial charge in [0.25, 0.3) is 0 Å². The molecule has 1 aliphatic rings. The molecule has 0 bridgehead atoms. The van der Waals surface area contributed by atoms with Crippen molar-refractivity contribution in [2.24, 2.45) is 5.92 Å². The number of carbonyl (C=O) groups is 2. The van der Waals surface area contributed by atoms with Gasteiger partial charge in [0.15, 0.2) is 0 Å². The predicted octanol–water partition coefficient (Wildman–Crippen LogP) is 1.29. The van der Waals surface area contributed by atoms with Crippen LogP contribution in [-0.2, 0) is 4.79 Å². The number of hydrogen-bond donors (Lipinski definition) is 2. The summed E-state index contributed by atoms with van der Waals surface area (Å²) in [7, 11) is 0. The Morgan fingerprint density at radius 1 is 1.38 bits per heavy atom. The molecule has 5 heteroatoms. The Kier molecular flexibility index (Phi) is 4.58. The van der Waals surface area contributed by atoms with E-state index in [1.54, 1.807) is 4.90 Å². The molecular weight excluding hydrogens is 208 g/mol. The van der Waals surface area contributed by atoms with Crippen molar-refractivity contribution in [2.75, 3.05) is 13.1 Å².